The lowest BCUT2D eigenvalue weighted by atomic mass is 9.92. The maximum atomic E-state index is 12.7. The molecule has 1 amide bonds. The number of nitrogens with two attached hydrogens (primary N) is 1. The molecular weight excluding hydrogens is 367 g/mol. The lowest BCUT2D eigenvalue weighted by molar-refractivity contribution is 0.0578. The molecule has 3 heterocycles. The van der Waals surface area contributed by atoms with Crippen LogP contribution < -0.4 is 5.73 Å². The molecule has 0 aliphatic carbocycles. The average Bonchev–Trinajstić information content (AvgIpc) is 3.05. The second-order valence-corrected chi connectivity index (χ2v) is 6.81. The van der Waals surface area contributed by atoms with Gasteiger partial charge in [-0.2, -0.15) is 0 Å². The third-order valence-electron chi connectivity index (χ3n) is 4.15. The van der Waals surface area contributed by atoms with Crippen molar-refractivity contribution in [3.8, 4) is 10.6 Å². The zero-order valence-corrected chi connectivity index (χ0v) is 15.9. The van der Waals surface area contributed by atoms with E-state index in [0.29, 0.717) is 17.3 Å². The molecule has 1 aliphatic heterocycles. The summed E-state index contributed by atoms with van der Waals surface area (Å²) in [5.74, 6) is 0.687. The van der Waals surface area contributed by atoms with E-state index >= 15 is 0 Å². The van der Waals surface area contributed by atoms with Gasteiger partial charge in [0.2, 0.25) is 0 Å². The molecule has 2 atom stereocenters. The number of nitrogens with zero attached hydrogens (tertiary/aromatic N) is 3. The van der Waals surface area contributed by atoms with E-state index in [1.54, 1.807) is 18.6 Å². The first-order valence-electron chi connectivity index (χ1n) is 7.56. The fourth-order valence-corrected chi connectivity index (χ4v) is 3.76. The van der Waals surface area contributed by atoms with Crippen molar-refractivity contribution in [1.82, 2.24) is 14.9 Å². The predicted molar refractivity (Wildman–Crippen MR) is 102 cm³/mol. The van der Waals surface area contributed by atoms with E-state index in [-0.39, 0.29) is 36.8 Å². The standard InChI is InChI=1S/C16H20N4OS.2ClH/c1-11-4-7-20(13(8-11)9-17)16(21)14-10-19-15(22-14)12-2-5-18-6-3-12;;/h2-3,5-6,10-11,13H,4,7-9,17H2,1H3;2*1H. The van der Waals surface area contributed by atoms with Gasteiger partial charge in [-0.3, -0.25) is 9.78 Å². The molecule has 3 rings (SSSR count). The molecule has 132 valence electrons. The number of amides is 1. The van der Waals surface area contributed by atoms with Crippen LogP contribution in [0.3, 0.4) is 0 Å². The second kappa shape index (κ2) is 9.32. The fourth-order valence-electron chi connectivity index (χ4n) is 2.88. The van der Waals surface area contributed by atoms with Gasteiger partial charge in [0.1, 0.15) is 9.88 Å². The van der Waals surface area contributed by atoms with E-state index < -0.39 is 0 Å². The zero-order valence-electron chi connectivity index (χ0n) is 13.4. The average molecular weight is 389 g/mol. The van der Waals surface area contributed by atoms with Crippen LogP contribution in [0, 0.1) is 5.92 Å². The Hall–Kier alpha value is -1.21. The summed E-state index contributed by atoms with van der Waals surface area (Å²) in [6, 6.07) is 3.94. The van der Waals surface area contributed by atoms with Gasteiger partial charge in [0.15, 0.2) is 0 Å². The third kappa shape index (κ3) is 4.45. The highest BCUT2D eigenvalue weighted by atomic mass is 35.5. The summed E-state index contributed by atoms with van der Waals surface area (Å²) in [7, 11) is 0. The van der Waals surface area contributed by atoms with Crippen LogP contribution in [0.15, 0.2) is 30.7 Å². The van der Waals surface area contributed by atoms with Gasteiger partial charge < -0.3 is 10.6 Å². The zero-order chi connectivity index (χ0) is 15.5. The van der Waals surface area contributed by atoms with Crippen LogP contribution in [0.25, 0.3) is 10.6 Å². The molecule has 0 radical (unpaired) electrons. The minimum atomic E-state index is 0. The first kappa shape index (κ1) is 20.8. The fraction of sp³-hybridized carbons (Fsp3) is 0.438. The molecule has 0 bridgehead atoms. The van der Waals surface area contributed by atoms with Gasteiger partial charge in [-0.1, -0.05) is 6.92 Å². The maximum absolute atomic E-state index is 12.7. The van der Waals surface area contributed by atoms with Crippen LogP contribution in [-0.4, -0.2) is 39.9 Å². The number of aromatic nitrogens is 2. The SMILES string of the molecule is CC1CCN(C(=O)c2cnc(-c3ccncc3)s2)C(CN)C1.Cl.Cl. The molecule has 24 heavy (non-hydrogen) atoms. The summed E-state index contributed by atoms with van der Waals surface area (Å²) >= 11 is 1.43. The Balaban J connectivity index is 0.00000144. The molecular formula is C16H22Cl2N4OS. The highest BCUT2D eigenvalue weighted by molar-refractivity contribution is 7.16. The summed E-state index contributed by atoms with van der Waals surface area (Å²) in [6.07, 6.45) is 7.16. The predicted octanol–water partition coefficient (Wildman–Crippen LogP) is 3.25. The van der Waals surface area contributed by atoms with Crippen LogP contribution in [0.2, 0.25) is 0 Å². The summed E-state index contributed by atoms with van der Waals surface area (Å²) in [4.78, 5) is 23.7. The molecule has 1 aliphatic rings. The summed E-state index contributed by atoms with van der Waals surface area (Å²) in [5.41, 5.74) is 6.84. The van der Waals surface area contributed by atoms with Crippen molar-refractivity contribution in [3.63, 3.8) is 0 Å². The van der Waals surface area contributed by atoms with E-state index in [0.717, 1.165) is 30.0 Å². The quantitative estimate of drug-likeness (QED) is 0.875. The number of rotatable bonds is 3. The summed E-state index contributed by atoms with van der Waals surface area (Å²) in [6.45, 7) is 3.52. The normalized spacial score (nSPS) is 20.0. The molecule has 2 aromatic rings. The van der Waals surface area contributed by atoms with E-state index in [9.17, 15) is 4.79 Å². The van der Waals surface area contributed by atoms with Crippen molar-refractivity contribution in [3.05, 3.63) is 35.6 Å². The van der Waals surface area contributed by atoms with Gasteiger partial charge >= 0.3 is 0 Å². The summed E-state index contributed by atoms with van der Waals surface area (Å²) in [5, 5.41) is 0.848. The maximum Gasteiger partial charge on any atom is 0.265 e. The monoisotopic (exact) mass is 388 g/mol. The molecule has 2 unspecified atom stereocenters. The Morgan fingerprint density at radius 2 is 2.08 bits per heavy atom. The largest absolute Gasteiger partial charge is 0.334 e. The Kier molecular flexibility index (Phi) is 8.09. The first-order valence-corrected chi connectivity index (χ1v) is 8.38. The molecule has 8 heteroatoms. The van der Waals surface area contributed by atoms with Crippen molar-refractivity contribution in [2.24, 2.45) is 11.7 Å². The van der Waals surface area contributed by atoms with E-state index in [1.165, 1.54) is 11.3 Å². The number of hydrogen-bond acceptors (Lipinski definition) is 5. The Morgan fingerprint density at radius 3 is 2.75 bits per heavy atom. The Bertz CT molecular complexity index is 653. The summed E-state index contributed by atoms with van der Waals surface area (Å²) < 4.78 is 0. The van der Waals surface area contributed by atoms with Crippen LogP contribution in [-0.2, 0) is 0 Å². The smallest absolute Gasteiger partial charge is 0.265 e. The molecule has 1 saturated heterocycles. The third-order valence-corrected chi connectivity index (χ3v) is 5.19. The van der Waals surface area contributed by atoms with Gasteiger partial charge in [-0.25, -0.2) is 4.98 Å². The highest BCUT2D eigenvalue weighted by Gasteiger charge is 2.30. The van der Waals surface area contributed by atoms with Crippen molar-refractivity contribution < 1.29 is 4.79 Å². The van der Waals surface area contributed by atoms with Crippen molar-refractivity contribution >= 4 is 42.1 Å². The number of likely N-dealkylation sites (tertiary alicyclic amines) is 1. The topological polar surface area (TPSA) is 72.1 Å². The molecule has 0 aromatic carbocycles. The minimum absolute atomic E-state index is 0. The molecule has 0 saturated carbocycles. The molecule has 5 nitrogen and oxygen atoms in total. The van der Waals surface area contributed by atoms with Crippen LogP contribution in [0.1, 0.15) is 29.4 Å². The Morgan fingerprint density at radius 1 is 1.38 bits per heavy atom. The number of halogens is 2. The van der Waals surface area contributed by atoms with Gasteiger partial charge in [-0.05, 0) is 30.9 Å². The van der Waals surface area contributed by atoms with Crippen LogP contribution >= 0.6 is 36.2 Å². The van der Waals surface area contributed by atoms with E-state index in [2.05, 4.69) is 16.9 Å². The number of piperidine rings is 1. The van der Waals surface area contributed by atoms with Crippen molar-refractivity contribution in [2.45, 2.75) is 25.8 Å². The van der Waals surface area contributed by atoms with Crippen molar-refractivity contribution in [2.75, 3.05) is 13.1 Å². The van der Waals surface area contributed by atoms with E-state index in [4.69, 9.17) is 5.73 Å². The number of hydrogen-bond donors (Lipinski definition) is 1. The minimum Gasteiger partial charge on any atom is -0.334 e. The van der Waals surface area contributed by atoms with E-state index in [1.807, 2.05) is 17.0 Å². The number of carbonyl (C=O) groups excluding carboxylic acids is 1. The van der Waals surface area contributed by atoms with Gasteiger partial charge in [-0.15, -0.1) is 36.2 Å². The van der Waals surface area contributed by atoms with Crippen LogP contribution in [0.5, 0.6) is 0 Å². The molecule has 2 N–H and O–H groups in total. The second-order valence-electron chi connectivity index (χ2n) is 5.78. The van der Waals surface area contributed by atoms with Gasteiger partial charge in [0, 0.05) is 37.1 Å². The first-order chi connectivity index (χ1) is 10.7. The molecule has 2 aromatic heterocycles. The van der Waals surface area contributed by atoms with Crippen LogP contribution in [0.4, 0.5) is 0 Å². The van der Waals surface area contributed by atoms with Gasteiger partial charge in [0.25, 0.3) is 5.91 Å². The number of carbonyl (C=O) groups is 1. The molecule has 1 fully saturated rings. The number of thiazole rings is 1. The highest BCUT2D eigenvalue weighted by Crippen LogP contribution is 2.28. The van der Waals surface area contributed by atoms with Gasteiger partial charge in [0.05, 0.1) is 6.20 Å². The van der Waals surface area contributed by atoms with Crippen molar-refractivity contribution in [1.29, 1.82) is 0 Å². The molecule has 0 spiro atoms. The lowest BCUT2D eigenvalue weighted by Crippen LogP contribution is -2.49. The lowest BCUT2D eigenvalue weighted by Gasteiger charge is -2.37. The Labute approximate surface area is 158 Å². The number of pyridine rings is 1.